The van der Waals surface area contributed by atoms with E-state index in [1.807, 2.05) is 0 Å². The van der Waals surface area contributed by atoms with Crippen LogP contribution in [0.25, 0.3) is 0 Å². The Morgan fingerprint density at radius 3 is 2.91 bits per heavy atom. The Morgan fingerprint density at radius 1 is 1.32 bits per heavy atom. The number of rotatable bonds is 9. The molecule has 0 N–H and O–H groups in total. The second-order valence-electron chi connectivity index (χ2n) is 5.08. The van der Waals surface area contributed by atoms with Gasteiger partial charge in [-0.05, 0) is 12.8 Å². The van der Waals surface area contributed by atoms with Gasteiger partial charge >= 0.3 is 0 Å². The molecule has 2 rings (SSSR count). The van der Waals surface area contributed by atoms with E-state index < -0.39 is 0 Å². The average Bonchev–Trinajstić information content (AvgIpc) is 3.17. The van der Waals surface area contributed by atoms with Gasteiger partial charge in [-0.3, -0.25) is 4.79 Å². The van der Waals surface area contributed by atoms with Crippen LogP contribution < -0.4 is 0 Å². The van der Waals surface area contributed by atoms with Crippen molar-refractivity contribution in [3.8, 4) is 0 Å². The highest BCUT2D eigenvalue weighted by atomic mass is 16.5. The summed E-state index contributed by atoms with van der Waals surface area (Å²) < 4.78 is 20.4. The summed E-state index contributed by atoms with van der Waals surface area (Å²) in [6, 6.07) is -0.110. The Balaban J connectivity index is 1.89. The van der Waals surface area contributed by atoms with E-state index in [1.54, 1.807) is 19.1 Å². The average molecular weight is 313 g/mol. The summed E-state index contributed by atoms with van der Waals surface area (Å²) in [6.45, 7) is 2.39. The van der Waals surface area contributed by atoms with Crippen LogP contribution >= 0.6 is 0 Å². The molecule has 1 aliphatic rings. The fourth-order valence-corrected chi connectivity index (χ4v) is 2.43. The lowest BCUT2D eigenvalue weighted by Gasteiger charge is -2.22. The Hall–Kier alpha value is -1.51. The molecule has 1 atom stereocenters. The Kier molecular flexibility index (Phi) is 6.75. The zero-order valence-corrected chi connectivity index (χ0v) is 13.1. The van der Waals surface area contributed by atoms with E-state index in [4.69, 9.17) is 18.7 Å². The van der Waals surface area contributed by atoms with E-state index in [-0.39, 0.29) is 18.6 Å². The molecule has 1 fully saturated rings. The minimum atomic E-state index is -0.110. The number of hydrogen-bond acceptors (Lipinski definition) is 7. The molecule has 0 aliphatic carbocycles. The van der Waals surface area contributed by atoms with Crippen molar-refractivity contribution in [2.45, 2.75) is 31.9 Å². The monoisotopic (exact) mass is 313 g/mol. The van der Waals surface area contributed by atoms with Gasteiger partial charge in [0, 0.05) is 20.8 Å². The second-order valence-corrected chi connectivity index (χ2v) is 5.08. The third kappa shape index (κ3) is 4.49. The van der Waals surface area contributed by atoms with Crippen LogP contribution in [0.15, 0.2) is 4.52 Å². The van der Waals surface area contributed by atoms with Gasteiger partial charge in [0.1, 0.15) is 6.61 Å². The number of nitrogens with zero attached hydrogens (tertiary/aromatic N) is 3. The Bertz CT molecular complexity index is 465. The van der Waals surface area contributed by atoms with Gasteiger partial charge in [0.05, 0.1) is 32.3 Å². The maximum absolute atomic E-state index is 12.2. The third-order valence-electron chi connectivity index (χ3n) is 3.53. The van der Waals surface area contributed by atoms with Gasteiger partial charge in [-0.2, -0.15) is 4.98 Å². The molecule has 1 saturated heterocycles. The third-order valence-corrected chi connectivity index (χ3v) is 3.53. The lowest BCUT2D eigenvalue weighted by atomic mass is 10.2. The molecule has 1 unspecified atom stereocenters. The van der Waals surface area contributed by atoms with Crippen LogP contribution in [-0.4, -0.2) is 61.5 Å². The van der Waals surface area contributed by atoms with E-state index in [0.717, 1.165) is 19.4 Å². The highest BCUT2D eigenvalue weighted by Gasteiger charge is 2.33. The zero-order chi connectivity index (χ0) is 15.8. The van der Waals surface area contributed by atoms with Crippen molar-refractivity contribution in [1.82, 2.24) is 15.0 Å². The first-order chi connectivity index (χ1) is 10.8. The van der Waals surface area contributed by atoms with Gasteiger partial charge < -0.3 is 23.6 Å². The van der Waals surface area contributed by atoms with E-state index in [0.29, 0.717) is 38.0 Å². The summed E-state index contributed by atoms with van der Waals surface area (Å²) in [5, 5.41) is 3.99. The number of carbonyl (C=O) groups is 1. The standard InChI is InChI=1S/C14H23N3O5/c1-19-7-5-13(18)17-6-3-4-11(17)14-15-12(22-16-14)10-21-9-8-20-2/h11H,3-10H2,1-2H3. The van der Waals surface area contributed by atoms with E-state index in [2.05, 4.69) is 10.1 Å². The molecule has 8 heteroatoms. The number of likely N-dealkylation sites (tertiary alicyclic amines) is 1. The summed E-state index contributed by atoms with van der Waals surface area (Å²) in [4.78, 5) is 18.3. The highest BCUT2D eigenvalue weighted by Crippen LogP contribution is 2.30. The quantitative estimate of drug-likeness (QED) is 0.627. The second kappa shape index (κ2) is 8.82. The summed E-state index contributed by atoms with van der Waals surface area (Å²) in [6.07, 6.45) is 2.16. The van der Waals surface area contributed by atoms with Gasteiger partial charge in [0.15, 0.2) is 5.82 Å². The molecule has 0 saturated carbocycles. The van der Waals surface area contributed by atoms with Crippen molar-refractivity contribution in [2.24, 2.45) is 0 Å². The highest BCUT2D eigenvalue weighted by molar-refractivity contribution is 5.77. The number of carbonyl (C=O) groups excluding carboxylic acids is 1. The van der Waals surface area contributed by atoms with Crippen LogP contribution in [0.2, 0.25) is 0 Å². The van der Waals surface area contributed by atoms with Gasteiger partial charge in [-0.1, -0.05) is 5.16 Å². The molecular formula is C14H23N3O5. The van der Waals surface area contributed by atoms with Crippen LogP contribution in [0.3, 0.4) is 0 Å². The fraction of sp³-hybridized carbons (Fsp3) is 0.786. The van der Waals surface area contributed by atoms with Crippen molar-refractivity contribution in [3.05, 3.63) is 11.7 Å². The van der Waals surface area contributed by atoms with Gasteiger partial charge in [-0.15, -0.1) is 0 Å². The van der Waals surface area contributed by atoms with Crippen LogP contribution in [-0.2, 0) is 25.6 Å². The van der Waals surface area contributed by atoms with Crippen molar-refractivity contribution in [1.29, 1.82) is 0 Å². The van der Waals surface area contributed by atoms with Gasteiger partial charge in [0.2, 0.25) is 5.91 Å². The van der Waals surface area contributed by atoms with E-state index >= 15 is 0 Å². The minimum absolute atomic E-state index is 0.0621. The molecule has 1 amide bonds. The molecule has 22 heavy (non-hydrogen) atoms. The number of aromatic nitrogens is 2. The fourth-order valence-electron chi connectivity index (χ4n) is 2.43. The molecule has 1 aliphatic heterocycles. The van der Waals surface area contributed by atoms with Crippen LogP contribution in [0.5, 0.6) is 0 Å². The van der Waals surface area contributed by atoms with Crippen LogP contribution in [0.1, 0.15) is 37.0 Å². The first-order valence-corrected chi connectivity index (χ1v) is 7.43. The Morgan fingerprint density at radius 2 is 2.14 bits per heavy atom. The summed E-state index contributed by atoms with van der Waals surface area (Å²) in [7, 11) is 3.20. The van der Waals surface area contributed by atoms with Crippen molar-refractivity contribution in [2.75, 3.05) is 40.6 Å². The molecule has 0 radical (unpaired) electrons. The summed E-state index contributed by atoms with van der Waals surface area (Å²) in [5.74, 6) is 1.03. The topological polar surface area (TPSA) is 86.9 Å². The van der Waals surface area contributed by atoms with E-state index in [9.17, 15) is 4.79 Å². The zero-order valence-electron chi connectivity index (χ0n) is 13.1. The molecular weight excluding hydrogens is 290 g/mol. The lowest BCUT2D eigenvalue weighted by molar-refractivity contribution is -0.133. The van der Waals surface area contributed by atoms with Crippen molar-refractivity contribution in [3.63, 3.8) is 0 Å². The first-order valence-electron chi connectivity index (χ1n) is 7.43. The molecule has 124 valence electrons. The maximum atomic E-state index is 12.2. The number of hydrogen-bond donors (Lipinski definition) is 0. The Labute approximate surface area is 129 Å². The molecule has 0 spiro atoms. The normalized spacial score (nSPS) is 18.1. The van der Waals surface area contributed by atoms with Gasteiger partial charge in [0.25, 0.3) is 5.89 Å². The van der Waals surface area contributed by atoms with Crippen molar-refractivity contribution >= 4 is 5.91 Å². The SMILES string of the molecule is COCCOCc1nc(C2CCCN2C(=O)CCOC)no1. The number of amides is 1. The number of methoxy groups -OCH3 is 2. The van der Waals surface area contributed by atoms with E-state index in [1.165, 1.54) is 0 Å². The maximum Gasteiger partial charge on any atom is 0.252 e. The number of ether oxygens (including phenoxy) is 3. The predicted octanol–water partition coefficient (Wildman–Crippen LogP) is 0.933. The largest absolute Gasteiger partial charge is 0.384 e. The summed E-state index contributed by atoms with van der Waals surface area (Å²) in [5.41, 5.74) is 0. The molecule has 0 aromatic carbocycles. The van der Waals surface area contributed by atoms with Gasteiger partial charge in [-0.25, -0.2) is 0 Å². The van der Waals surface area contributed by atoms with Crippen molar-refractivity contribution < 1.29 is 23.5 Å². The molecule has 0 bridgehead atoms. The summed E-state index contributed by atoms with van der Waals surface area (Å²) >= 11 is 0. The molecule has 1 aromatic rings. The predicted molar refractivity (Wildman–Crippen MR) is 76.0 cm³/mol. The first kappa shape index (κ1) is 16.9. The molecule has 8 nitrogen and oxygen atoms in total. The lowest BCUT2D eigenvalue weighted by Crippen LogP contribution is -2.31. The molecule has 2 heterocycles. The minimum Gasteiger partial charge on any atom is -0.384 e. The smallest absolute Gasteiger partial charge is 0.252 e. The van der Waals surface area contributed by atoms with Crippen LogP contribution in [0, 0.1) is 0 Å². The molecule has 1 aromatic heterocycles. The van der Waals surface area contributed by atoms with Crippen LogP contribution in [0.4, 0.5) is 0 Å².